The molecule has 10 heteroatoms. The normalized spacial score (nSPS) is 14.1. The third kappa shape index (κ3) is 17.2. The van der Waals surface area contributed by atoms with Crippen molar-refractivity contribution in [1.29, 1.82) is 0 Å². The summed E-state index contributed by atoms with van der Waals surface area (Å²) in [6.07, 6.45) is -10.9. The van der Waals surface area contributed by atoms with Gasteiger partial charge in [0.05, 0.1) is 12.2 Å². The smallest absolute Gasteiger partial charge is 0.243 e. The van der Waals surface area contributed by atoms with Gasteiger partial charge in [0.15, 0.2) is 0 Å². The van der Waals surface area contributed by atoms with Gasteiger partial charge in [0, 0.05) is 0 Å². The molecule has 108 valence electrons. The Hall–Kier alpha value is -1.22. The number of rotatable bonds is 2. The number of alkyl halides is 8. The summed E-state index contributed by atoms with van der Waals surface area (Å²) in [5.41, 5.74) is 0. The number of hydrogen-bond donors (Lipinski definition) is 0. The van der Waals surface area contributed by atoms with Crippen LogP contribution in [0.3, 0.4) is 0 Å². The van der Waals surface area contributed by atoms with Crippen molar-refractivity contribution in [2.45, 2.75) is 12.4 Å². The molecule has 0 aromatic rings. The molecule has 0 N–H and O–H groups in total. The van der Waals surface area contributed by atoms with Crippen molar-refractivity contribution in [1.82, 2.24) is 0 Å². The summed E-state index contributed by atoms with van der Waals surface area (Å²) in [6, 6.07) is 0. The zero-order valence-electron chi connectivity index (χ0n) is 8.35. The zero-order chi connectivity index (χ0) is 15.0. The maximum atomic E-state index is 11.4. The van der Waals surface area contributed by atoms with Gasteiger partial charge in [0.1, 0.15) is 25.0 Å². The molecule has 0 radical (unpaired) electrons. The van der Waals surface area contributed by atoms with Crippen LogP contribution >= 0.6 is 0 Å². The van der Waals surface area contributed by atoms with E-state index in [4.69, 9.17) is 0 Å². The van der Waals surface area contributed by atoms with Gasteiger partial charge in [0.25, 0.3) is 0 Å². The van der Waals surface area contributed by atoms with E-state index in [0.29, 0.717) is 0 Å². The van der Waals surface area contributed by atoms with E-state index in [1.807, 2.05) is 0 Å². The lowest BCUT2D eigenvalue weighted by molar-refractivity contribution is -0.0826. The van der Waals surface area contributed by atoms with Gasteiger partial charge in [0.2, 0.25) is 0 Å². The third-order valence-electron chi connectivity index (χ3n) is 0.896. The maximum Gasteiger partial charge on any atom is 0.412 e. The van der Waals surface area contributed by atoms with E-state index in [2.05, 4.69) is 0 Å². The van der Waals surface area contributed by atoms with Gasteiger partial charge >= 0.3 is 12.4 Å². The van der Waals surface area contributed by atoms with E-state index in [1.54, 1.807) is 0 Å². The van der Waals surface area contributed by atoms with Crippen LogP contribution in [0.4, 0.5) is 43.9 Å². The zero-order valence-corrected chi connectivity index (χ0v) is 8.35. The Morgan fingerprint density at radius 2 is 0.889 bits per heavy atom. The highest BCUT2D eigenvalue weighted by molar-refractivity contribution is 4.96. The molecule has 0 spiro atoms. The van der Waals surface area contributed by atoms with Crippen LogP contribution in [0, 0.1) is 0 Å². The highest BCUT2D eigenvalue weighted by atomic mass is 19.4. The fourth-order valence-electron chi connectivity index (χ4n) is 0.432. The highest BCUT2D eigenvalue weighted by Gasteiger charge is 2.25. The molecule has 0 saturated heterocycles. The summed E-state index contributed by atoms with van der Waals surface area (Å²) in [5, 5.41) is 0. The maximum absolute atomic E-state index is 11.4. The Balaban J connectivity index is 0. The Morgan fingerprint density at radius 1 is 0.667 bits per heavy atom. The van der Waals surface area contributed by atoms with E-state index in [9.17, 15) is 43.9 Å². The highest BCUT2D eigenvalue weighted by Crippen LogP contribution is 2.19. The van der Waals surface area contributed by atoms with Gasteiger partial charge in [-0.2, -0.15) is 26.3 Å². The van der Waals surface area contributed by atoms with E-state index < -0.39 is 49.5 Å². The van der Waals surface area contributed by atoms with Crippen LogP contribution in [0.25, 0.3) is 0 Å². The molecule has 18 heavy (non-hydrogen) atoms. The molecular weight excluding hydrogens is 286 g/mol. The first-order valence-corrected chi connectivity index (χ1v) is 3.91. The van der Waals surface area contributed by atoms with Crippen LogP contribution in [-0.4, -0.2) is 25.7 Å². The summed E-state index contributed by atoms with van der Waals surface area (Å²) in [5.74, 6) is -3.61. The quantitative estimate of drug-likeness (QED) is 0.645. The summed E-state index contributed by atoms with van der Waals surface area (Å²) in [4.78, 5) is 0. The number of allylic oxidation sites excluding steroid dienone is 4. The molecule has 0 saturated carbocycles. The molecule has 0 aliphatic carbocycles. The van der Waals surface area contributed by atoms with Crippen LogP contribution in [-0.2, 0) is 0 Å². The van der Waals surface area contributed by atoms with Gasteiger partial charge in [-0.25, -0.2) is 17.6 Å². The standard InChI is InChI=1S/2C4H3F5/c2*5-2-3(6)1-4(7,8)9/h2*1H,2H2. The van der Waals surface area contributed by atoms with Gasteiger partial charge in [-0.15, -0.1) is 0 Å². The molecule has 0 aromatic heterocycles. The van der Waals surface area contributed by atoms with Gasteiger partial charge in [-0.05, 0) is 0 Å². The van der Waals surface area contributed by atoms with Crippen molar-refractivity contribution < 1.29 is 43.9 Å². The van der Waals surface area contributed by atoms with Gasteiger partial charge in [-0.3, -0.25) is 0 Å². The number of halogens is 10. The minimum atomic E-state index is -4.75. The Bertz CT molecular complexity index is 251. The summed E-state index contributed by atoms with van der Waals surface area (Å²) < 4.78 is 111. The Morgan fingerprint density at radius 3 is 0.944 bits per heavy atom. The second-order valence-corrected chi connectivity index (χ2v) is 2.53. The van der Waals surface area contributed by atoms with E-state index in [-0.39, 0.29) is 0 Å². The lowest BCUT2D eigenvalue weighted by Crippen LogP contribution is -2.02. The molecule has 0 aliphatic heterocycles. The monoisotopic (exact) mass is 292 g/mol. The van der Waals surface area contributed by atoms with E-state index in [0.717, 1.165) is 0 Å². The predicted octanol–water partition coefficient (Wildman–Crippen LogP) is 4.74. The van der Waals surface area contributed by atoms with Crippen LogP contribution in [0.1, 0.15) is 0 Å². The predicted molar refractivity (Wildman–Crippen MR) is 42.4 cm³/mol. The average molecular weight is 292 g/mol. The van der Waals surface area contributed by atoms with Gasteiger partial charge < -0.3 is 0 Å². The fourth-order valence-corrected chi connectivity index (χ4v) is 0.432. The van der Waals surface area contributed by atoms with Crippen molar-refractivity contribution in [3.63, 3.8) is 0 Å². The van der Waals surface area contributed by atoms with Crippen LogP contribution in [0.15, 0.2) is 23.8 Å². The first-order valence-electron chi connectivity index (χ1n) is 3.91. The molecule has 0 heterocycles. The molecule has 0 bridgehead atoms. The van der Waals surface area contributed by atoms with Crippen molar-refractivity contribution >= 4 is 0 Å². The molecule has 0 aliphatic rings. The van der Waals surface area contributed by atoms with E-state index in [1.165, 1.54) is 0 Å². The molecule has 0 atom stereocenters. The number of hydrogen-bond acceptors (Lipinski definition) is 0. The molecule has 0 amide bonds. The average Bonchev–Trinajstić information content (AvgIpc) is 2.13. The van der Waals surface area contributed by atoms with E-state index >= 15 is 0 Å². The molecule has 0 aromatic carbocycles. The summed E-state index contributed by atoms with van der Waals surface area (Å²) in [7, 11) is 0. The lowest BCUT2D eigenvalue weighted by Gasteiger charge is -1.96. The minimum Gasteiger partial charge on any atom is -0.243 e. The van der Waals surface area contributed by atoms with Crippen LogP contribution in [0.2, 0.25) is 0 Å². The SMILES string of the molecule is FCC(F)=CC(F)(F)F.FCC(F)=CC(F)(F)F. The first kappa shape index (κ1) is 19.1. The Kier molecular flexibility index (Phi) is 8.48. The topological polar surface area (TPSA) is 0 Å². The molecule has 0 nitrogen and oxygen atoms in total. The van der Waals surface area contributed by atoms with Crippen LogP contribution in [0.5, 0.6) is 0 Å². The molecule has 0 fully saturated rings. The molecule has 0 rings (SSSR count). The van der Waals surface area contributed by atoms with Crippen molar-refractivity contribution in [2.75, 3.05) is 13.3 Å². The summed E-state index contributed by atoms with van der Waals surface area (Å²) in [6.45, 7) is -3.42. The largest absolute Gasteiger partial charge is 0.412 e. The van der Waals surface area contributed by atoms with Crippen molar-refractivity contribution in [2.24, 2.45) is 0 Å². The molecular formula is C8H6F10. The third-order valence-corrected chi connectivity index (χ3v) is 0.896. The molecule has 0 unspecified atom stereocenters. The first-order chi connectivity index (χ1) is 7.91. The van der Waals surface area contributed by atoms with Crippen molar-refractivity contribution in [3.05, 3.63) is 23.8 Å². The summed E-state index contributed by atoms with van der Waals surface area (Å²) >= 11 is 0. The fraction of sp³-hybridized carbons (Fsp3) is 0.500. The van der Waals surface area contributed by atoms with Crippen molar-refractivity contribution in [3.8, 4) is 0 Å². The lowest BCUT2D eigenvalue weighted by atomic mass is 10.5. The van der Waals surface area contributed by atoms with Crippen LogP contribution < -0.4 is 0 Å². The Labute approximate surface area is 94.6 Å². The second-order valence-electron chi connectivity index (χ2n) is 2.53. The van der Waals surface area contributed by atoms with Gasteiger partial charge in [-0.1, -0.05) is 0 Å². The second kappa shape index (κ2) is 7.98. The minimum absolute atomic E-state index is 0.715.